The molecule has 0 saturated heterocycles. The second kappa shape index (κ2) is 15.9. The van der Waals surface area contributed by atoms with Crippen LogP contribution in [0.15, 0.2) is 174 Å². The van der Waals surface area contributed by atoms with Crippen molar-refractivity contribution >= 4 is 62.2 Å². The minimum Gasteiger partial charge on any atom is -0.455 e. The average Bonchev–Trinajstić information content (AvgIpc) is 4.29. The van der Waals surface area contributed by atoms with Crippen molar-refractivity contribution in [2.45, 2.75) is 116 Å². The van der Waals surface area contributed by atoms with E-state index < -0.39 is 0 Å². The number of aromatic nitrogens is 1. The number of hydrogen-bond acceptors (Lipinski definition) is 2. The summed E-state index contributed by atoms with van der Waals surface area (Å²) in [6.45, 7) is 26.5. The molecule has 382 valence electrons. The molecule has 0 unspecified atom stereocenters. The van der Waals surface area contributed by atoms with Crippen molar-refractivity contribution in [2.75, 3.05) is 5.32 Å². The largest absolute Gasteiger partial charge is 0.455 e. The van der Waals surface area contributed by atoms with Gasteiger partial charge in [0, 0.05) is 71.6 Å². The first-order valence-electron chi connectivity index (χ1n) is 28.5. The third kappa shape index (κ3) is 6.65. The fourth-order valence-electron chi connectivity index (χ4n) is 14.8. The van der Waals surface area contributed by atoms with E-state index in [9.17, 15) is 0 Å². The Balaban J connectivity index is 1.03. The van der Waals surface area contributed by atoms with Crippen LogP contribution in [0.3, 0.4) is 0 Å². The van der Waals surface area contributed by atoms with Crippen molar-refractivity contribution in [2.24, 2.45) is 0 Å². The Labute approximate surface area is 460 Å². The van der Waals surface area contributed by atoms with Gasteiger partial charge in [0.05, 0.1) is 5.52 Å². The Kier molecular flexibility index (Phi) is 9.67. The van der Waals surface area contributed by atoms with Crippen LogP contribution in [-0.2, 0) is 27.1 Å². The van der Waals surface area contributed by atoms with Crippen LogP contribution in [0.2, 0.25) is 0 Å². The number of rotatable bonds is 5. The Bertz CT molecular complexity index is 4380. The Morgan fingerprint density at radius 2 is 1.04 bits per heavy atom. The van der Waals surface area contributed by atoms with E-state index in [2.05, 4.69) is 256 Å². The van der Waals surface area contributed by atoms with Gasteiger partial charge in [-0.05, 0) is 150 Å². The van der Waals surface area contributed by atoms with Crippen LogP contribution in [0.4, 0.5) is 11.4 Å². The molecule has 0 spiro atoms. The zero-order chi connectivity index (χ0) is 53.6. The van der Waals surface area contributed by atoms with Gasteiger partial charge in [-0.1, -0.05) is 203 Å². The predicted molar refractivity (Wildman–Crippen MR) is 332 cm³/mol. The fourth-order valence-corrected chi connectivity index (χ4v) is 14.8. The van der Waals surface area contributed by atoms with Crippen molar-refractivity contribution in [3.63, 3.8) is 0 Å². The number of nitrogens with zero attached hydrogens (tertiary/aromatic N) is 1. The zero-order valence-corrected chi connectivity index (χ0v) is 47.1. The van der Waals surface area contributed by atoms with Crippen LogP contribution in [-0.4, -0.2) is 11.8 Å². The molecular formula is C74H67BN2O. The van der Waals surface area contributed by atoms with Crippen LogP contribution in [0, 0.1) is 0 Å². The van der Waals surface area contributed by atoms with Gasteiger partial charge in [-0.15, -0.1) is 0 Å². The lowest BCUT2D eigenvalue weighted by Gasteiger charge is -2.42. The van der Waals surface area contributed by atoms with Gasteiger partial charge in [-0.2, -0.15) is 0 Å². The van der Waals surface area contributed by atoms with E-state index in [1.807, 2.05) is 0 Å². The molecule has 0 bridgehead atoms. The van der Waals surface area contributed by atoms with E-state index in [0.717, 1.165) is 52.1 Å². The van der Waals surface area contributed by atoms with Crippen molar-refractivity contribution in [3.05, 3.63) is 209 Å². The van der Waals surface area contributed by atoms with Gasteiger partial charge in [-0.3, -0.25) is 0 Å². The highest BCUT2D eigenvalue weighted by Gasteiger charge is 2.44. The normalized spacial score (nSPS) is 16.6. The summed E-state index contributed by atoms with van der Waals surface area (Å²) in [4.78, 5) is 0. The number of nitrogens with one attached hydrogen (secondary N) is 1. The molecule has 1 aliphatic heterocycles. The smallest absolute Gasteiger partial charge is 0.198 e. The maximum atomic E-state index is 7.12. The highest BCUT2D eigenvalue weighted by atomic mass is 16.3. The highest BCUT2D eigenvalue weighted by Crippen LogP contribution is 2.57. The van der Waals surface area contributed by atoms with Crippen LogP contribution in [0.1, 0.15) is 128 Å². The summed E-state index contributed by atoms with van der Waals surface area (Å²) < 4.78 is 9.76. The molecule has 9 aromatic carbocycles. The Morgan fingerprint density at radius 1 is 0.462 bits per heavy atom. The molecule has 0 amide bonds. The lowest BCUT2D eigenvalue weighted by atomic mass is 9.58. The molecule has 4 aliphatic rings. The summed E-state index contributed by atoms with van der Waals surface area (Å²) in [5, 5.41) is 8.95. The van der Waals surface area contributed by atoms with Crippen LogP contribution < -0.4 is 16.2 Å². The summed E-state index contributed by atoms with van der Waals surface area (Å²) in [7, 11) is 0.762. The highest BCUT2D eigenvalue weighted by molar-refractivity contribution is 6.73. The third-order valence-corrected chi connectivity index (χ3v) is 19.4. The second-order valence-corrected chi connectivity index (χ2v) is 26.8. The van der Waals surface area contributed by atoms with Gasteiger partial charge < -0.3 is 14.3 Å². The minimum atomic E-state index is -0.205. The molecule has 4 heteroatoms. The molecule has 0 radical (unpaired) electrons. The average molecular weight is 1010 g/mol. The van der Waals surface area contributed by atoms with Gasteiger partial charge >= 0.3 is 0 Å². The maximum absolute atomic E-state index is 7.12. The Morgan fingerprint density at radius 3 is 1.72 bits per heavy atom. The quantitative estimate of drug-likeness (QED) is 0.174. The van der Waals surface area contributed by atoms with E-state index in [1.54, 1.807) is 0 Å². The maximum Gasteiger partial charge on any atom is 0.198 e. The van der Waals surface area contributed by atoms with Crippen LogP contribution in [0.5, 0.6) is 0 Å². The van der Waals surface area contributed by atoms with Gasteiger partial charge in [0.25, 0.3) is 0 Å². The van der Waals surface area contributed by atoms with Crippen molar-refractivity contribution in [3.8, 4) is 61.7 Å². The molecule has 11 aromatic rings. The number of furan rings is 1. The van der Waals surface area contributed by atoms with E-state index in [4.69, 9.17) is 4.42 Å². The van der Waals surface area contributed by atoms with Crippen molar-refractivity contribution in [1.82, 2.24) is 4.57 Å². The predicted octanol–water partition coefficient (Wildman–Crippen LogP) is 18.2. The molecule has 2 aromatic heterocycles. The van der Waals surface area contributed by atoms with Gasteiger partial charge in [0.15, 0.2) is 7.28 Å². The van der Waals surface area contributed by atoms with E-state index in [1.165, 1.54) is 124 Å². The SMILES string of the molecule is CC(C)(C)c1ccc(Nc2cc3c(cc2-c2ccc4c5cc6c(cc5n5c4c2Bc2cc4c(-c7ccccc7)oc(-c7ccccc7)c4cc2-5)-c2ccccc2C6(C)C)-c2cc4c(cc2C3(C)C)C(C)(C)CCC4(C)C)cc1. The topological polar surface area (TPSA) is 30.1 Å². The molecule has 1 N–H and O–H groups in total. The standard InChI is InChI=1S/C74H67BN2O/c1-70(2,3)44-26-28-45(29-27-44)76-63-41-59-49(50-35-60-61(40-58(50)74(59,10)11)72(6,7)33-32-71(60,4)5)34-52(63)47-30-31-48-53-36-57-51(46-24-18-19-25-56(46)73(57,8)9)38-64(53)77-65-39-55-54(37-62(65)75-66(47)67(48)77)68(42-20-14-12-15-21-42)78-69(55)43-22-16-13-17-23-43/h12-31,34-41,75-76H,32-33H2,1-11H3. The summed E-state index contributed by atoms with van der Waals surface area (Å²) in [5.41, 5.74) is 28.5. The first-order chi connectivity index (χ1) is 37.3. The zero-order valence-electron chi connectivity index (χ0n) is 47.1. The second-order valence-electron chi connectivity index (χ2n) is 26.8. The lowest BCUT2D eigenvalue weighted by Crippen LogP contribution is -2.37. The number of benzene rings is 9. The summed E-state index contributed by atoms with van der Waals surface area (Å²) in [6.07, 6.45) is 2.37. The lowest BCUT2D eigenvalue weighted by molar-refractivity contribution is 0.331. The van der Waals surface area contributed by atoms with Gasteiger partial charge in [0.2, 0.25) is 0 Å². The van der Waals surface area contributed by atoms with Gasteiger partial charge in [-0.25, -0.2) is 0 Å². The monoisotopic (exact) mass is 1010 g/mol. The summed E-state index contributed by atoms with van der Waals surface area (Å²) in [5.74, 6) is 1.81. The summed E-state index contributed by atoms with van der Waals surface area (Å²) in [6, 6.07) is 64.8. The molecule has 15 rings (SSSR count). The van der Waals surface area contributed by atoms with Crippen LogP contribution >= 0.6 is 0 Å². The molecule has 3 aliphatic carbocycles. The van der Waals surface area contributed by atoms with E-state index >= 15 is 0 Å². The summed E-state index contributed by atoms with van der Waals surface area (Å²) >= 11 is 0. The molecular weight excluding hydrogens is 944 g/mol. The number of hydrogen-bond donors (Lipinski definition) is 1. The molecule has 3 heterocycles. The minimum absolute atomic E-state index is 0.0501. The number of fused-ring (bicyclic) bond motifs is 13. The van der Waals surface area contributed by atoms with Crippen molar-refractivity contribution < 1.29 is 4.42 Å². The number of anilines is 2. The fraction of sp³-hybridized carbons (Fsp3) is 0.243. The van der Waals surface area contributed by atoms with Crippen molar-refractivity contribution in [1.29, 1.82) is 0 Å². The third-order valence-electron chi connectivity index (χ3n) is 19.4. The first-order valence-corrected chi connectivity index (χ1v) is 28.5. The molecule has 0 atom stereocenters. The van der Waals surface area contributed by atoms with Crippen LogP contribution in [0.25, 0.3) is 94.3 Å². The molecule has 78 heavy (non-hydrogen) atoms. The molecule has 0 saturated carbocycles. The first kappa shape index (κ1) is 47.4. The molecule has 3 nitrogen and oxygen atoms in total. The Hall–Kier alpha value is -7.82. The van der Waals surface area contributed by atoms with Gasteiger partial charge in [0.1, 0.15) is 11.5 Å². The van der Waals surface area contributed by atoms with E-state index in [-0.39, 0.29) is 27.1 Å². The molecule has 0 fully saturated rings. The van der Waals surface area contributed by atoms with E-state index in [0.29, 0.717) is 0 Å².